The van der Waals surface area contributed by atoms with Gasteiger partial charge in [0.15, 0.2) is 0 Å². The summed E-state index contributed by atoms with van der Waals surface area (Å²) in [6.07, 6.45) is -0.818. The lowest BCUT2D eigenvalue weighted by Gasteiger charge is -2.14. The zero-order valence-corrected chi connectivity index (χ0v) is 17.2. The summed E-state index contributed by atoms with van der Waals surface area (Å²) in [6.45, 7) is 6.64. The number of anilines is 1. The molecule has 0 spiro atoms. The fourth-order valence-electron chi connectivity index (χ4n) is 2.31. The number of nitrogens with one attached hydrogen (secondary N) is 1. The monoisotopic (exact) mass is 423 g/mol. The molecule has 0 unspecified atom stereocenters. The van der Waals surface area contributed by atoms with Gasteiger partial charge in [0.2, 0.25) is 0 Å². The van der Waals surface area contributed by atoms with E-state index in [4.69, 9.17) is 9.47 Å². The van der Waals surface area contributed by atoms with Crippen molar-refractivity contribution in [1.82, 2.24) is 0 Å². The van der Waals surface area contributed by atoms with Crippen LogP contribution in [0, 0.1) is 5.82 Å². The number of hydrogen-bond donors (Lipinski definition) is 1. The van der Waals surface area contributed by atoms with Gasteiger partial charge in [-0.2, -0.15) is 0 Å². The number of benzene rings is 2. The van der Waals surface area contributed by atoms with Crippen LogP contribution in [0.2, 0.25) is 0 Å². The summed E-state index contributed by atoms with van der Waals surface area (Å²) in [6, 6.07) is 7.98. The van der Waals surface area contributed by atoms with Gasteiger partial charge in [0.05, 0.1) is 33.9 Å². The first kappa shape index (κ1) is 22.4. The first-order chi connectivity index (χ1) is 13.5. The summed E-state index contributed by atoms with van der Waals surface area (Å²) < 4.78 is 50.7. The van der Waals surface area contributed by atoms with Crippen molar-refractivity contribution in [2.45, 2.75) is 44.8 Å². The second kappa shape index (κ2) is 9.04. The van der Waals surface area contributed by atoms with Gasteiger partial charge in [-0.25, -0.2) is 22.4 Å². The third-order valence-corrected chi connectivity index (χ3v) is 4.86. The molecule has 1 N–H and O–H groups in total. The zero-order valence-electron chi connectivity index (χ0n) is 16.4. The molecular weight excluding hydrogens is 401 g/mol. The van der Waals surface area contributed by atoms with Crippen LogP contribution in [0.4, 0.5) is 10.1 Å². The second-order valence-electron chi connectivity index (χ2n) is 6.77. The number of hydrogen-bond acceptors (Lipinski definition) is 6. The largest absolute Gasteiger partial charge is 0.459 e. The predicted octanol–water partition coefficient (Wildman–Crippen LogP) is 3.76. The van der Waals surface area contributed by atoms with Gasteiger partial charge in [0, 0.05) is 0 Å². The summed E-state index contributed by atoms with van der Waals surface area (Å²) >= 11 is 0. The Morgan fingerprint density at radius 1 is 0.862 bits per heavy atom. The molecule has 156 valence electrons. The van der Waals surface area contributed by atoms with E-state index in [1.165, 1.54) is 18.2 Å². The number of carbonyl (C=O) groups excluding carboxylic acids is 2. The number of halogens is 1. The topological polar surface area (TPSA) is 98.8 Å². The van der Waals surface area contributed by atoms with Crippen molar-refractivity contribution in [1.29, 1.82) is 0 Å². The molecule has 0 aliphatic rings. The van der Waals surface area contributed by atoms with Crippen molar-refractivity contribution >= 4 is 27.6 Å². The molecule has 7 nitrogen and oxygen atoms in total. The van der Waals surface area contributed by atoms with Gasteiger partial charge in [-0.05, 0) is 70.2 Å². The molecule has 2 aromatic rings. The third-order valence-electron chi connectivity index (χ3n) is 3.47. The Bertz CT molecular complexity index is 960. The zero-order chi connectivity index (χ0) is 21.8. The van der Waals surface area contributed by atoms with Gasteiger partial charge in [0.25, 0.3) is 10.0 Å². The van der Waals surface area contributed by atoms with Crippen molar-refractivity contribution < 1.29 is 31.9 Å². The Kier molecular flexibility index (Phi) is 6.97. The van der Waals surface area contributed by atoms with Crippen LogP contribution < -0.4 is 4.72 Å². The predicted molar refractivity (Wildman–Crippen MR) is 105 cm³/mol. The van der Waals surface area contributed by atoms with E-state index in [1.54, 1.807) is 27.7 Å². The van der Waals surface area contributed by atoms with Crippen molar-refractivity contribution in [3.8, 4) is 0 Å². The highest BCUT2D eigenvalue weighted by atomic mass is 32.2. The maximum absolute atomic E-state index is 13.1. The number of rotatable bonds is 7. The molecule has 0 atom stereocenters. The average Bonchev–Trinajstić information content (AvgIpc) is 2.60. The van der Waals surface area contributed by atoms with Crippen LogP contribution in [0.1, 0.15) is 48.4 Å². The molecule has 0 bridgehead atoms. The van der Waals surface area contributed by atoms with Crippen molar-refractivity contribution in [2.24, 2.45) is 0 Å². The minimum atomic E-state index is -4.08. The van der Waals surface area contributed by atoms with Crippen LogP contribution >= 0.6 is 0 Å². The highest BCUT2D eigenvalue weighted by Gasteiger charge is 2.20. The molecule has 0 aliphatic heterocycles. The standard InChI is InChI=1S/C20H22FNO6S/c1-12(2)27-19(23)14-9-15(20(24)28-13(3)4)11-17(10-14)22-29(25,26)18-7-5-16(21)6-8-18/h5-13,22H,1-4H3. The molecule has 2 aromatic carbocycles. The Morgan fingerprint density at radius 3 is 1.72 bits per heavy atom. The summed E-state index contributed by atoms with van der Waals surface area (Å²) in [5.74, 6) is -2.02. The van der Waals surface area contributed by atoms with Gasteiger partial charge >= 0.3 is 11.9 Å². The average molecular weight is 423 g/mol. The number of ether oxygens (including phenoxy) is 2. The molecule has 0 aliphatic carbocycles. The van der Waals surface area contributed by atoms with E-state index < -0.39 is 40.0 Å². The SMILES string of the molecule is CC(C)OC(=O)c1cc(NS(=O)(=O)c2ccc(F)cc2)cc(C(=O)OC(C)C)c1. The van der Waals surface area contributed by atoms with Crippen LogP contribution in [0.25, 0.3) is 0 Å². The van der Waals surface area contributed by atoms with Crippen molar-refractivity contribution in [3.63, 3.8) is 0 Å². The molecule has 0 saturated heterocycles. The molecule has 0 radical (unpaired) electrons. The van der Waals surface area contributed by atoms with E-state index in [0.717, 1.165) is 24.3 Å². The molecule has 0 heterocycles. The van der Waals surface area contributed by atoms with Crippen molar-refractivity contribution in [2.75, 3.05) is 4.72 Å². The number of sulfonamides is 1. The minimum absolute atomic E-state index is 0.0197. The first-order valence-electron chi connectivity index (χ1n) is 8.83. The lowest BCUT2D eigenvalue weighted by molar-refractivity contribution is 0.0377. The molecule has 29 heavy (non-hydrogen) atoms. The molecular formula is C20H22FNO6S. The Hall–Kier alpha value is -2.94. The van der Waals surface area contributed by atoms with E-state index >= 15 is 0 Å². The van der Waals surface area contributed by atoms with Crippen LogP contribution in [-0.2, 0) is 19.5 Å². The van der Waals surface area contributed by atoms with E-state index in [2.05, 4.69) is 4.72 Å². The third kappa shape index (κ3) is 6.28. The summed E-state index contributed by atoms with van der Waals surface area (Å²) in [7, 11) is -4.08. The normalized spacial score (nSPS) is 11.4. The van der Waals surface area contributed by atoms with Crippen LogP contribution in [0.3, 0.4) is 0 Å². The van der Waals surface area contributed by atoms with Gasteiger partial charge in [0.1, 0.15) is 5.82 Å². The number of carbonyl (C=O) groups is 2. The van der Waals surface area contributed by atoms with Crippen LogP contribution in [-0.4, -0.2) is 32.6 Å². The highest BCUT2D eigenvalue weighted by Crippen LogP contribution is 2.22. The van der Waals surface area contributed by atoms with Gasteiger partial charge in [-0.1, -0.05) is 0 Å². The van der Waals surface area contributed by atoms with Crippen molar-refractivity contribution in [3.05, 3.63) is 59.4 Å². The quantitative estimate of drug-likeness (QED) is 0.681. The summed E-state index contributed by atoms with van der Waals surface area (Å²) in [4.78, 5) is 24.4. The Labute approximate surface area is 168 Å². The van der Waals surface area contributed by atoms with Crippen LogP contribution in [0.5, 0.6) is 0 Å². The summed E-state index contributed by atoms with van der Waals surface area (Å²) in [5.41, 5.74) is -0.0781. The van der Waals surface area contributed by atoms with E-state index in [9.17, 15) is 22.4 Å². The molecule has 0 aromatic heterocycles. The lowest BCUT2D eigenvalue weighted by atomic mass is 10.1. The van der Waals surface area contributed by atoms with E-state index in [1.807, 2.05) is 0 Å². The summed E-state index contributed by atoms with van der Waals surface area (Å²) in [5, 5.41) is 0. The molecule has 0 amide bonds. The maximum Gasteiger partial charge on any atom is 0.338 e. The second-order valence-corrected chi connectivity index (χ2v) is 8.45. The highest BCUT2D eigenvalue weighted by molar-refractivity contribution is 7.92. The number of esters is 2. The van der Waals surface area contributed by atoms with Gasteiger partial charge < -0.3 is 9.47 Å². The van der Waals surface area contributed by atoms with E-state index in [0.29, 0.717) is 0 Å². The first-order valence-corrected chi connectivity index (χ1v) is 10.3. The maximum atomic E-state index is 13.1. The van der Waals surface area contributed by atoms with E-state index in [-0.39, 0.29) is 21.7 Å². The molecule has 2 rings (SSSR count). The molecule has 0 fully saturated rings. The molecule has 9 heteroatoms. The van der Waals surface area contributed by atoms with Crippen LogP contribution in [0.15, 0.2) is 47.4 Å². The Morgan fingerprint density at radius 2 is 1.31 bits per heavy atom. The minimum Gasteiger partial charge on any atom is -0.459 e. The fraction of sp³-hybridized carbons (Fsp3) is 0.300. The lowest BCUT2D eigenvalue weighted by Crippen LogP contribution is -2.17. The smallest absolute Gasteiger partial charge is 0.338 e. The van der Waals surface area contributed by atoms with Gasteiger partial charge in [-0.3, -0.25) is 4.72 Å². The molecule has 0 saturated carbocycles. The Balaban J connectivity index is 2.44. The fourth-order valence-corrected chi connectivity index (χ4v) is 3.35. The van der Waals surface area contributed by atoms with Gasteiger partial charge in [-0.15, -0.1) is 0 Å².